The third kappa shape index (κ3) is 2.12. The third-order valence-corrected chi connectivity index (χ3v) is 4.00. The summed E-state index contributed by atoms with van der Waals surface area (Å²) >= 11 is 0. The molecule has 0 radical (unpaired) electrons. The van der Waals surface area contributed by atoms with Crippen molar-refractivity contribution in [2.45, 2.75) is 31.7 Å². The predicted molar refractivity (Wildman–Crippen MR) is 75.1 cm³/mol. The maximum atomic E-state index is 14.1. The molecule has 3 rings (SSSR count). The molecule has 106 valence electrons. The van der Waals surface area contributed by atoms with Gasteiger partial charge in [0.1, 0.15) is 18.0 Å². The molecule has 1 aromatic heterocycles. The predicted octanol–water partition coefficient (Wildman–Crippen LogP) is 2.08. The Labute approximate surface area is 118 Å². The van der Waals surface area contributed by atoms with Crippen molar-refractivity contribution in [3.8, 4) is 0 Å². The van der Waals surface area contributed by atoms with Gasteiger partial charge < -0.3 is 5.32 Å². The summed E-state index contributed by atoms with van der Waals surface area (Å²) in [5.41, 5.74) is 0.572. The van der Waals surface area contributed by atoms with Crippen LogP contribution in [0.15, 0.2) is 30.6 Å². The van der Waals surface area contributed by atoms with Crippen molar-refractivity contribution in [1.29, 1.82) is 0 Å². The van der Waals surface area contributed by atoms with Crippen LogP contribution in [0.25, 0.3) is 0 Å². The van der Waals surface area contributed by atoms with Gasteiger partial charge in [-0.1, -0.05) is 18.2 Å². The van der Waals surface area contributed by atoms with E-state index in [4.69, 9.17) is 0 Å². The second-order valence-corrected chi connectivity index (χ2v) is 5.76. The number of halogens is 1. The standard InChI is InChI=1S/C15H19FN4/c1-11(2)20-14(18-10-19-20)7-15(8-17-9-15)12-5-3-4-6-13(12)16/h3-6,10-11,17H,7-9H2,1-2H3. The van der Waals surface area contributed by atoms with Gasteiger partial charge >= 0.3 is 0 Å². The summed E-state index contributed by atoms with van der Waals surface area (Å²) in [7, 11) is 0. The van der Waals surface area contributed by atoms with E-state index in [9.17, 15) is 4.39 Å². The molecule has 2 aromatic rings. The first-order valence-corrected chi connectivity index (χ1v) is 6.96. The minimum atomic E-state index is -0.203. The van der Waals surface area contributed by atoms with Gasteiger partial charge in [0.25, 0.3) is 0 Å². The summed E-state index contributed by atoms with van der Waals surface area (Å²) in [5, 5.41) is 7.53. The van der Waals surface area contributed by atoms with Crippen LogP contribution in [0.3, 0.4) is 0 Å². The minimum Gasteiger partial charge on any atom is -0.315 e. The molecule has 0 bridgehead atoms. The molecule has 4 nitrogen and oxygen atoms in total. The topological polar surface area (TPSA) is 42.7 Å². The first kappa shape index (κ1) is 13.2. The third-order valence-electron chi connectivity index (χ3n) is 4.00. The van der Waals surface area contributed by atoms with Gasteiger partial charge in [-0.3, -0.25) is 0 Å². The van der Waals surface area contributed by atoms with Crippen molar-refractivity contribution < 1.29 is 4.39 Å². The lowest BCUT2D eigenvalue weighted by Gasteiger charge is -2.43. The van der Waals surface area contributed by atoms with E-state index in [0.717, 1.165) is 24.5 Å². The van der Waals surface area contributed by atoms with E-state index in [1.807, 2.05) is 16.8 Å². The molecule has 0 atom stereocenters. The Morgan fingerprint density at radius 2 is 2.10 bits per heavy atom. The van der Waals surface area contributed by atoms with Crippen molar-refractivity contribution in [1.82, 2.24) is 20.1 Å². The fraction of sp³-hybridized carbons (Fsp3) is 0.467. The molecule has 20 heavy (non-hydrogen) atoms. The molecule has 0 aliphatic carbocycles. The van der Waals surface area contributed by atoms with E-state index in [1.165, 1.54) is 6.07 Å². The Morgan fingerprint density at radius 3 is 2.70 bits per heavy atom. The molecule has 0 amide bonds. The van der Waals surface area contributed by atoms with Gasteiger partial charge in [0.05, 0.1) is 0 Å². The monoisotopic (exact) mass is 274 g/mol. The summed E-state index contributed by atoms with van der Waals surface area (Å²) in [6.45, 7) is 5.71. The molecular weight excluding hydrogens is 255 g/mol. The lowest BCUT2D eigenvalue weighted by Crippen LogP contribution is -2.58. The number of hydrogen-bond acceptors (Lipinski definition) is 3. The highest BCUT2D eigenvalue weighted by Crippen LogP contribution is 2.34. The number of nitrogens with zero attached hydrogens (tertiary/aromatic N) is 3. The summed E-state index contributed by atoms with van der Waals surface area (Å²) in [6.07, 6.45) is 2.29. The van der Waals surface area contributed by atoms with E-state index in [0.29, 0.717) is 6.42 Å². The zero-order valence-electron chi connectivity index (χ0n) is 11.8. The number of hydrogen-bond donors (Lipinski definition) is 1. The quantitative estimate of drug-likeness (QED) is 0.928. The van der Waals surface area contributed by atoms with E-state index in [2.05, 4.69) is 29.2 Å². The van der Waals surface area contributed by atoms with Crippen molar-refractivity contribution in [2.75, 3.05) is 13.1 Å². The highest BCUT2D eigenvalue weighted by molar-refractivity contribution is 5.32. The van der Waals surface area contributed by atoms with Crippen molar-refractivity contribution in [3.63, 3.8) is 0 Å². The second-order valence-electron chi connectivity index (χ2n) is 5.76. The van der Waals surface area contributed by atoms with Crippen LogP contribution in [0.2, 0.25) is 0 Å². The molecule has 0 saturated carbocycles. The Bertz CT molecular complexity index is 601. The minimum absolute atomic E-state index is 0.135. The van der Waals surface area contributed by atoms with Gasteiger partial charge in [-0.2, -0.15) is 5.10 Å². The van der Waals surface area contributed by atoms with Crippen LogP contribution < -0.4 is 5.32 Å². The van der Waals surface area contributed by atoms with Crippen LogP contribution in [0.4, 0.5) is 4.39 Å². The maximum Gasteiger partial charge on any atom is 0.138 e. The molecule has 0 unspecified atom stereocenters. The van der Waals surface area contributed by atoms with Crippen molar-refractivity contribution in [2.24, 2.45) is 0 Å². The Kier molecular flexibility index (Phi) is 3.30. The summed E-state index contributed by atoms with van der Waals surface area (Å²) in [6, 6.07) is 7.30. The lowest BCUT2D eigenvalue weighted by atomic mass is 9.72. The van der Waals surface area contributed by atoms with Crippen LogP contribution >= 0.6 is 0 Å². The van der Waals surface area contributed by atoms with Gasteiger partial charge in [0, 0.05) is 31.0 Å². The van der Waals surface area contributed by atoms with Crippen molar-refractivity contribution >= 4 is 0 Å². The molecule has 1 saturated heterocycles. The zero-order chi connectivity index (χ0) is 14.2. The SMILES string of the molecule is CC(C)n1ncnc1CC1(c2ccccc2F)CNC1. The van der Waals surface area contributed by atoms with Crippen LogP contribution in [-0.4, -0.2) is 27.9 Å². The molecule has 1 aliphatic rings. The fourth-order valence-corrected chi connectivity index (χ4v) is 2.86. The van der Waals surface area contributed by atoms with Crippen LogP contribution in [0.5, 0.6) is 0 Å². The van der Waals surface area contributed by atoms with Crippen LogP contribution in [0.1, 0.15) is 31.3 Å². The smallest absolute Gasteiger partial charge is 0.138 e. The number of benzene rings is 1. The molecule has 5 heteroatoms. The first-order chi connectivity index (χ1) is 9.62. The molecule has 2 heterocycles. The fourth-order valence-electron chi connectivity index (χ4n) is 2.86. The van der Waals surface area contributed by atoms with Gasteiger partial charge in [-0.05, 0) is 25.5 Å². The van der Waals surface area contributed by atoms with E-state index < -0.39 is 0 Å². The van der Waals surface area contributed by atoms with Crippen LogP contribution in [0, 0.1) is 5.82 Å². The average molecular weight is 274 g/mol. The first-order valence-electron chi connectivity index (χ1n) is 6.96. The van der Waals surface area contributed by atoms with E-state index >= 15 is 0 Å². The van der Waals surface area contributed by atoms with Gasteiger partial charge in [0.2, 0.25) is 0 Å². The van der Waals surface area contributed by atoms with Gasteiger partial charge in [-0.25, -0.2) is 14.1 Å². The molecule has 0 spiro atoms. The summed E-state index contributed by atoms with van der Waals surface area (Å²) in [4.78, 5) is 4.36. The largest absolute Gasteiger partial charge is 0.315 e. The summed E-state index contributed by atoms with van der Waals surface area (Å²) < 4.78 is 16.0. The second kappa shape index (κ2) is 4.98. The Balaban J connectivity index is 1.94. The summed E-state index contributed by atoms with van der Waals surface area (Å²) in [5.74, 6) is 0.786. The average Bonchev–Trinajstić information content (AvgIpc) is 2.83. The molecule has 1 N–H and O–H groups in total. The maximum absolute atomic E-state index is 14.1. The lowest BCUT2D eigenvalue weighted by molar-refractivity contribution is 0.256. The number of aromatic nitrogens is 3. The van der Waals surface area contributed by atoms with Gasteiger partial charge in [0.15, 0.2) is 0 Å². The Hall–Kier alpha value is -1.75. The van der Waals surface area contributed by atoms with E-state index in [1.54, 1.807) is 12.4 Å². The zero-order valence-corrected chi connectivity index (χ0v) is 11.8. The Morgan fingerprint density at radius 1 is 1.35 bits per heavy atom. The van der Waals surface area contributed by atoms with Crippen LogP contribution in [-0.2, 0) is 11.8 Å². The number of nitrogens with one attached hydrogen (secondary N) is 1. The van der Waals surface area contributed by atoms with Gasteiger partial charge in [-0.15, -0.1) is 0 Å². The highest BCUT2D eigenvalue weighted by atomic mass is 19.1. The molecular formula is C15H19FN4. The highest BCUT2D eigenvalue weighted by Gasteiger charge is 2.41. The molecule has 1 aliphatic heterocycles. The number of rotatable bonds is 4. The van der Waals surface area contributed by atoms with E-state index in [-0.39, 0.29) is 17.3 Å². The van der Waals surface area contributed by atoms with Crippen molar-refractivity contribution in [3.05, 3.63) is 47.8 Å². The molecule has 1 aromatic carbocycles. The molecule has 1 fully saturated rings. The normalized spacial score (nSPS) is 17.2.